The lowest BCUT2D eigenvalue weighted by molar-refractivity contribution is 0.405. The number of halogens is 1. The summed E-state index contributed by atoms with van der Waals surface area (Å²) in [6.07, 6.45) is 0. The highest BCUT2D eigenvalue weighted by atomic mass is 35.5. The predicted molar refractivity (Wildman–Crippen MR) is 83.4 cm³/mol. The zero-order chi connectivity index (χ0) is 15.4. The molecule has 0 radical (unpaired) electrons. The van der Waals surface area contributed by atoms with E-state index in [9.17, 15) is 0 Å². The molecule has 0 heterocycles. The molecule has 0 aromatic heterocycles. The molecule has 0 saturated carbocycles. The second-order valence-corrected chi connectivity index (χ2v) is 4.64. The molecule has 0 aliphatic heterocycles. The third kappa shape index (κ3) is 3.12. The Hall–Kier alpha value is -2.58. The minimum Gasteiger partial charge on any atom is -0.495 e. The van der Waals surface area contributed by atoms with Crippen LogP contribution in [-0.4, -0.2) is 14.2 Å². The highest BCUT2D eigenvalue weighted by molar-refractivity contribution is 6.32. The molecule has 108 valence electrons. The number of ether oxygens (including phenoxy) is 2. The van der Waals surface area contributed by atoms with Crippen LogP contribution >= 0.6 is 11.6 Å². The van der Waals surface area contributed by atoms with Crippen molar-refractivity contribution in [1.82, 2.24) is 0 Å². The zero-order valence-corrected chi connectivity index (χ0v) is 12.4. The fraction of sp³-hybridized carbons (Fsp3) is 0.133. The van der Waals surface area contributed by atoms with Crippen molar-refractivity contribution >= 4 is 28.7 Å². The predicted octanol–water partition coefficient (Wildman–Crippen LogP) is 3.55. The molecule has 0 bridgehead atoms. The molecule has 5 nitrogen and oxygen atoms in total. The van der Waals surface area contributed by atoms with Crippen LogP contribution in [0.25, 0.3) is 0 Å². The maximum atomic E-state index is 9.17. The van der Waals surface area contributed by atoms with Crippen LogP contribution in [0.3, 0.4) is 0 Å². The lowest BCUT2D eigenvalue weighted by Gasteiger charge is -2.15. The standard InChI is InChI=1S/C15H14ClN3O2/c1-20-14-7-13(15(21-2)6-11(14)16)19-12-4-3-10(18)5-9(12)8-17/h3-7,19H,18H2,1-2H3. The summed E-state index contributed by atoms with van der Waals surface area (Å²) >= 11 is 6.06. The van der Waals surface area contributed by atoms with E-state index in [1.807, 2.05) is 0 Å². The minimum atomic E-state index is 0.436. The Labute approximate surface area is 127 Å². The molecule has 0 atom stereocenters. The fourth-order valence-electron chi connectivity index (χ4n) is 1.87. The number of methoxy groups -OCH3 is 2. The van der Waals surface area contributed by atoms with E-state index in [1.54, 1.807) is 30.3 Å². The van der Waals surface area contributed by atoms with Gasteiger partial charge in [0, 0.05) is 17.8 Å². The minimum absolute atomic E-state index is 0.436. The lowest BCUT2D eigenvalue weighted by Crippen LogP contribution is -1.99. The summed E-state index contributed by atoms with van der Waals surface area (Å²) < 4.78 is 10.5. The van der Waals surface area contributed by atoms with E-state index in [4.69, 9.17) is 32.1 Å². The maximum absolute atomic E-state index is 9.17. The molecule has 0 aliphatic carbocycles. The number of anilines is 3. The van der Waals surface area contributed by atoms with Crippen molar-refractivity contribution in [2.75, 3.05) is 25.3 Å². The Kier molecular flexibility index (Phi) is 4.41. The van der Waals surface area contributed by atoms with Gasteiger partial charge >= 0.3 is 0 Å². The summed E-state index contributed by atoms with van der Waals surface area (Å²) in [7, 11) is 3.07. The van der Waals surface area contributed by atoms with Crippen molar-refractivity contribution in [3.05, 3.63) is 40.9 Å². The van der Waals surface area contributed by atoms with Gasteiger partial charge in [0.2, 0.25) is 0 Å². The zero-order valence-electron chi connectivity index (χ0n) is 11.6. The molecule has 0 fully saturated rings. The van der Waals surface area contributed by atoms with Crippen molar-refractivity contribution in [1.29, 1.82) is 5.26 Å². The van der Waals surface area contributed by atoms with Crippen molar-refractivity contribution in [3.63, 3.8) is 0 Å². The molecular formula is C15H14ClN3O2. The Balaban J connectivity index is 2.46. The van der Waals surface area contributed by atoms with E-state index in [2.05, 4.69) is 11.4 Å². The molecule has 0 amide bonds. The molecule has 3 N–H and O–H groups in total. The van der Waals surface area contributed by atoms with Gasteiger partial charge in [0.15, 0.2) is 0 Å². The first-order valence-electron chi connectivity index (χ1n) is 6.07. The average molecular weight is 304 g/mol. The number of nitriles is 1. The van der Waals surface area contributed by atoms with Crippen LogP contribution in [0.1, 0.15) is 5.56 Å². The number of nitrogens with two attached hydrogens (primary N) is 1. The third-order valence-electron chi connectivity index (χ3n) is 2.91. The number of rotatable bonds is 4. The van der Waals surface area contributed by atoms with Crippen molar-refractivity contribution in [2.45, 2.75) is 0 Å². The first-order valence-corrected chi connectivity index (χ1v) is 6.45. The van der Waals surface area contributed by atoms with Crippen molar-refractivity contribution < 1.29 is 9.47 Å². The average Bonchev–Trinajstić information content (AvgIpc) is 2.50. The first kappa shape index (κ1) is 14.8. The van der Waals surface area contributed by atoms with Crippen LogP contribution < -0.4 is 20.5 Å². The van der Waals surface area contributed by atoms with Gasteiger partial charge in [0.1, 0.15) is 17.6 Å². The molecule has 0 unspecified atom stereocenters. The third-order valence-corrected chi connectivity index (χ3v) is 3.20. The van der Waals surface area contributed by atoms with E-state index >= 15 is 0 Å². The second kappa shape index (κ2) is 6.25. The van der Waals surface area contributed by atoms with E-state index in [0.29, 0.717) is 39.1 Å². The normalized spacial score (nSPS) is 9.81. The monoisotopic (exact) mass is 303 g/mol. The second-order valence-electron chi connectivity index (χ2n) is 4.23. The number of benzene rings is 2. The SMILES string of the molecule is COc1cc(Nc2ccc(N)cc2C#N)c(OC)cc1Cl. The van der Waals surface area contributed by atoms with Crippen LogP contribution in [0.4, 0.5) is 17.1 Å². The van der Waals surface area contributed by atoms with Gasteiger partial charge in [-0.25, -0.2) is 0 Å². The fourth-order valence-corrected chi connectivity index (χ4v) is 2.10. The molecular weight excluding hydrogens is 290 g/mol. The molecule has 2 aromatic carbocycles. The molecule has 0 spiro atoms. The summed E-state index contributed by atoms with van der Waals surface area (Å²) in [6, 6.07) is 10.5. The van der Waals surface area contributed by atoms with Crippen LogP contribution in [-0.2, 0) is 0 Å². The molecule has 6 heteroatoms. The van der Waals surface area contributed by atoms with Crippen LogP contribution in [0, 0.1) is 11.3 Å². The lowest BCUT2D eigenvalue weighted by atomic mass is 10.1. The summed E-state index contributed by atoms with van der Waals surface area (Å²) in [5.41, 5.74) is 7.90. The molecule has 0 saturated heterocycles. The summed E-state index contributed by atoms with van der Waals surface area (Å²) in [6.45, 7) is 0. The highest BCUT2D eigenvalue weighted by Crippen LogP contribution is 2.37. The van der Waals surface area contributed by atoms with Gasteiger partial charge in [0.05, 0.1) is 36.2 Å². The van der Waals surface area contributed by atoms with Gasteiger partial charge in [-0.05, 0) is 18.2 Å². The molecule has 2 rings (SSSR count). The Morgan fingerprint density at radius 1 is 1.10 bits per heavy atom. The summed E-state index contributed by atoms with van der Waals surface area (Å²) in [5.74, 6) is 1.05. The number of nitrogens with zero attached hydrogens (tertiary/aromatic N) is 1. The van der Waals surface area contributed by atoms with Crippen molar-refractivity contribution in [2.24, 2.45) is 0 Å². The van der Waals surface area contributed by atoms with E-state index in [1.165, 1.54) is 14.2 Å². The molecule has 21 heavy (non-hydrogen) atoms. The van der Waals surface area contributed by atoms with Crippen molar-refractivity contribution in [3.8, 4) is 17.6 Å². The van der Waals surface area contributed by atoms with Gasteiger partial charge < -0.3 is 20.5 Å². The summed E-state index contributed by atoms with van der Waals surface area (Å²) in [4.78, 5) is 0. The van der Waals surface area contributed by atoms with E-state index < -0.39 is 0 Å². The quantitative estimate of drug-likeness (QED) is 0.844. The van der Waals surface area contributed by atoms with Gasteiger partial charge in [-0.15, -0.1) is 0 Å². The van der Waals surface area contributed by atoms with Crippen LogP contribution in [0.5, 0.6) is 11.5 Å². The van der Waals surface area contributed by atoms with Gasteiger partial charge in [-0.3, -0.25) is 0 Å². The van der Waals surface area contributed by atoms with Crippen LogP contribution in [0.15, 0.2) is 30.3 Å². The topological polar surface area (TPSA) is 80.3 Å². The van der Waals surface area contributed by atoms with Gasteiger partial charge in [-0.1, -0.05) is 11.6 Å². The van der Waals surface area contributed by atoms with Gasteiger partial charge in [-0.2, -0.15) is 5.26 Å². The number of hydrogen-bond acceptors (Lipinski definition) is 5. The summed E-state index contributed by atoms with van der Waals surface area (Å²) in [5, 5.41) is 12.7. The Morgan fingerprint density at radius 3 is 2.43 bits per heavy atom. The highest BCUT2D eigenvalue weighted by Gasteiger charge is 2.12. The number of nitrogens with one attached hydrogen (secondary N) is 1. The maximum Gasteiger partial charge on any atom is 0.144 e. The number of nitrogen functional groups attached to an aromatic ring is 1. The molecule has 0 aliphatic rings. The smallest absolute Gasteiger partial charge is 0.144 e. The molecule has 2 aromatic rings. The van der Waals surface area contributed by atoms with Gasteiger partial charge in [0.25, 0.3) is 0 Å². The van der Waals surface area contributed by atoms with Crippen LogP contribution in [0.2, 0.25) is 5.02 Å². The van der Waals surface area contributed by atoms with E-state index in [0.717, 1.165) is 0 Å². The largest absolute Gasteiger partial charge is 0.495 e. The Bertz CT molecular complexity index is 711. The number of hydrogen-bond donors (Lipinski definition) is 2. The first-order chi connectivity index (χ1) is 10.1. The Morgan fingerprint density at radius 2 is 1.81 bits per heavy atom. The van der Waals surface area contributed by atoms with E-state index in [-0.39, 0.29) is 0 Å².